The van der Waals surface area contributed by atoms with Gasteiger partial charge in [-0.2, -0.15) is 0 Å². The smallest absolute Gasteiger partial charge is 0.0999 e. The minimum atomic E-state index is 0.117. The van der Waals surface area contributed by atoms with Crippen molar-refractivity contribution < 1.29 is 10.2 Å². The minimum Gasteiger partial charge on any atom is -0.396 e. The second-order valence-electron chi connectivity index (χ2n) is 3.68. The van der Waals surface area contributed by atoms with Gasteiger partial charge in [0.2, 0.25) is 0 Å². The Balaban J connectivity index is 2.38. The van der Waals surface area contributed by atoms with Crippen LogP contribution in [0.2, 0.25) is 0 Å². The minimum absolute atomic E-state index is 0.117. The zero-order valence-electron chi connectivity index (χ0n) is 8.53. The van der Waals surface area contributed by atoms with Gasteiger partial charge in [-0.25, -0.2) is 10.0 Å². The molecule has 0 spiro atoms. The highest BCUT2D eigenvalue weighted by Crippen LogP contribution is 2.43. The first-order valence-corrected chi connectivity index (χ1v) is 4.88. The van der Waals surface area contributed by atoms with Gasteiger partial charge < -0.3 is 10.2 Å². The number of rotatable bonds is 6. The fourth-order valence-corrected chi connectivity index (χ4v) is 2.04. The van der Waals surface area contributed by atoms with Crippen LogP contribution in [0.3, 0.4) is 0 Å². The van der Waals surface area contributed by atoms with E-state index in [4.69, 9.17) is 10.2 Å². The lowest BCUT2D eigenvalue weighted by atomic mass is 10.0. The van der Waals surface area contributed by atoms with Gasteiger partial charge in [0.15, 0.2) is 0 Å². The van der Waals surface area contributed by atoms with Gasteiger partial charge >= 0.3 is 0 Å². The van der Waals surface area contributed by atoms with E-state index >= 15 is 0 Å². The molecule has 0 aromatic rings. The molecule has 2 N–H and O–H groups in total. The predicted molar refractivity (Wildman–Crippen MR) is 50.9 cm³/mol. The highest BCUT2D eigenvalue weighted by Gasteiger charge is 2.54. The van der Waals surface area contributed by atoms with Gasteiger partial charge in [-0.3, -0.25) is 0 Å². The van der Waals surface area contributed by atoms with Crippen molar-refractivity contribution in [2.24, 2.45) is 0 Å². The fraction of sp³-hybridized carbons (Fsp3) is 1.00. The molecule has 2 atom stereocenters. The van der Waals surface area contributed by atoms with Crippen LogP contribution in [0.15, 0.2) is 0 Å². The van der Waals surface area contributed by atoms with Crippen LogP contribution in [0.4, 0.5) is 0 Å². The first kappa shape index (κ1) is 10.9. The number of aliphatic hydroxyl groups excluding tert-OH is 2. The van der Waals surface area contributed by atoms with E-state index in [-0.39, 0.29) is 18.9 Å². The Hall–Kier alpha value is -0.160. The highest BCUT2D eigenvalue weighted by molar-refractivity contribution is 4.96. The van der Waals surface area contributed by atoms with Crippen LogP contribution in [0.1, 0.15) is 25.7 Å². The summed E-state index contributed by atoms with van der Waals surface area (Å²) in [6.45, 7) is 0.505. The average molecular weight is 188 g/mol. The van der Waals surface area contributed by atoms with Crippen molar-refractivity contribution in [3.05, 3.63) is 0 Å². The summed E-state index contributed by atoms with van der Waals surface area (Å²) < 4.78 is 0. The maximum absolute atomic E-state index is 8.77. The van der Waals surface area contributed by atoms with Crippen LogP contribution in [0.5, 0.6) is 0 Å². The Morgan fingerprint density at radius 1 is 0.923 bits per heavy atom. The summed E-state index contributed by atoms with van der Waals surface area (Å²) in [5, 5.41) is 21.9. The van der Waals surface area contributed by atoms with Crippen LogP contribution in [0.25, 0.3) is 0 Å². The second-order valence-corrected chi connectivity index (χ2v) is 3.68. The van der Waals surface area contributed by atoms with Crippen molar-refractivity contribution in [1.29, 1.82) is 0 Å². The summed E-state index contributed by atoms with van der Waals surface area (Å²) in [4.78, 5) is 0. The molecule has 13 heavy (non-hydrogen) atoms. The van der Waals surface area contributed by atoms with E-state index < -0.39 is 0 Å². The monoisotopic (exact) mass is 188 g/mol. The summed E-state index contributed by atoms with van der Waals surface area (Å²) in [5.74, 6) is 0. The zero-order chi connectivity index (χ0) is 9.90. The molecule has 0 saturated carbocycles. The van der Waals surface area contributed by atoms with Crippen LogP contribution in [-0.4, -0.2) is 53.2 Å². The molecule has 0 aromatic heterocycles. The van der Waals surface area contributed by atoms with Gasteiger partial charge in [0, 0.05) is 27.3 Å². The van der Waals surface area contributed by atoms with Crippen molar-refractivity contribution >= 4 is 0 Å². The van der Waals surface area contributed by atoms with Crippen LogP contribution in [0, 0.1) is 0 Å². The molecule has 0 amide bonds. The Kier molecular flexibility index (Phi) is 3.67. The lowest BCUT2D eigenvalue weighted by molar-refractivity contribution is 0.242. The summed E-state index contributed by atoms with van der Waals surface area (Å²) in [7, 11) is 4.10. The average Bonchev–Trinajstić information content (AvgIpc) is 2.65. The number of aliphatic hydroxyl groups is 2. The maximum atomic E-state index is 8.77. The van der Waals surface area contributed by atoms with Crippen molar-refractivity contribution in [3.63, 3.8) is 0 Å². The molecular formula is C9H20N2O2. The molecule has 0 bridgehead atoms. The third-order valence-electron chi connectivity index (χ3n) is 3.09. The van der Waals surface area contributed by atoms with E-state index in [1.54, 1.807) is 0 Å². The second kappa shape index (κ2) is 4.37. The van der Waals surface area contributed by atoms with Gasteiger partial charge in [0.05, 0.1) is 5.66 Å². The Bertz CT molecular complexity index is 146. The number of hydrazine groups is 1. The molecule has 0 radical (unpaired) electrons. The first-order chi connectivity index (χ1) is 6.19. The van der Waals surface area contributed by atoms with Crippen LogP contribution in [-0.2, 0) is 0 Å². The van der Waals surface area contributed by atoms with E-state index in [1.165, 1.54) is 0 Å². The lowest BCUT2D eigenvalue weighted by Crippen LogP contribution is -2.20. The van der Waals surface area contributed by atoms with Gasteiger partial charge in [0.1, 0.15) is 0 Å². The van der Waals surface area contributed by atoms with Gasteiger partial charge in [0.25, 0.3) is 0 Å². The maximum Gasteiger partial charge on any atom is 0.0999 e. The summed E-state index contributed by atoms with van der Waals surface area (Å²) in [5.41, 5.74) is 0.117. The highest BCUT2D eigenvalue weighted by atomic mass is 16.3. The number of hydrogen-bond donors (Lipinski definition) is 2. The van der Waals surface area contributed by atoms with E-state index in [9.17, 15) is 0 Å². The third-order valence-corrected chi connectivity index (χ3v) is 3.09. The van der Waals surface area contributed by atoms with Crippen molar-refractivity contribution in [2.75, 3.05) is 27.3 Å². The molecule has 1 aliphatic rings. The molecule has 4 nitrogen and oxygen atoms in total. The molecule has 0 aliphatic carbocycles. The van der Waals surface area contributed by atoms with E-state index in [0.29, 0.717) is 0 Å². The van der Waals surface area contributed by atoms with E-state index in [1.807, 2.05) is 0 Å². The Labute approximate surface area is 79.7 Å². The molecule has 1 fully saturated rings. The summed E-state index contributed by atoms with van der Waals surface area (Å²) in [6.07, 6.45) is 3.63. The molecule has 1 rings (SSSR count). The number of nitrogens with zero attached hydrogens (tertiary/aromatic N) is 2. The zero-order valence-corrected chi connectivity index (χ0v) is 8.53. The molecule has 0 aromatic carbocycles. The van der Waals surface area contributed by atoms with Gasteiger partial charge in [-0.1, -0.05) is 0 Å². The van der Waals surface area contributed by atoms with E-state index in [2.05, 4.69) is 24.1 Å². The Morgan fingerprint density at radius 3 is 1.54 bits per heavy atom. The molecule has 1 saturated heterocycles. The largest absolute Gasteiger partial charge is 0.396 e. The summed E-state index contributed by atoms with van der Waals surface area (Å²) >= 11 is 0. The molecule has 2 unspecified atom stereocenters. The van der Waals surface area contributed by atoms with Gasteiger partial charge in [-0.15, -0.1) is 0 Å². The van der Waals surface area contributed by atoms with Crippen molar-refractivity contribution in [2.45, 2.75) is 31.3 Å². The molecule has 78 valence electrons. The molecule has 1 heterocycles. The fourth-order valence-electron chi connectivity index (χ4n) is 2.04. The predicted octanol–water partition coefficient (Wildman–Crippen LogP) is 0.0199. The molecule has 4 heteroatoms. The Morgan fingerprint density at radius 2 is 1.31 bits per heavy atom. The van der Waals surface area contributed by atoms with Crippen LogP contribution < -0.4 is 0 Å². The van der Waals surface area contributed by atoms with Gasteiger partial charge in [-0.05, 0) is 25.7 Å². The topological polar surface area (TPSA) is 46.5 Å². The third kappa shape index (κ3) is 2.02. The first-order valence-electron chi connectivity index (χ1n) is 4.88. The SMILES string of the molecule is CN1N(C)C1(CCCO)CCCO. The lowest BCUT2D eigenvalue weighted by Gasteiger charge is -2.12. The molecular weight excluding hydrogens is 168 g/mol. The van der Waals surface area contributed by atoms with E-state index in [0.717, 1.165) is 25.7 Å². The number of hydrogen-bond acceptors (Lipinski definition) is 4. The molecule has 1 aliphatic heterocycles. The van der Waals surface area contributed by atoms with Crippen molar-refractivity contribution in [1.82, 2.24) is 10.0 Å². The van der Waals surface area contributed by atoms with Crippen molar-refractivity contribution in [3.8, 4) is 0 Å². The quantitative estimate of drug-likeness (QED) is 0.577. The standard InChI is InChI=1S/C9H20N2O2/c1-10-9(11(10)2,5-3-7-12)6-4-8-13/h12-13H,3-8H2,1-2H3. The summed E-state index contributed by atoms with van der Waals surface area (Å²) in [6, 6.07) is 0. The van der Waals surface area contributed by atoms with Crippen LogP contribution >= 0.6 is 0 Å². The normalized spacial score (nSPS) is 30.5.